The van der Waals surface area contributed by atoms with Crippen LogP contribution in [-0.2, 0) is 6.54 Å². The second-order valence-electron chi connectivity index (χ2n) is 5.02. The molecular weight excluding hydrogens is 262 g/mol. The van der Waals surface area contributed by atoms with Crippen LogP contribution in [0.5, 0.6) is 5.75 Å². The molecule has 0 aliphatic rings. The van der Waals surface area contributed by atoms with Gasteiger partial charge in [0.05, 0.1) is 12.2 Å². The minimum atomic E-state index is -0.0256. The van der Waals surface area contributed by atoms with Crippen molar-refractivity contribution < 1.29 is 9.53 Å². The maximum absolute atomic E-state index is 12.6. The van der Waals surface area contributed by atoms with Crippen molar-refractivity contribution in [2.75, 3.05) is 13.7 Å². The fraction of sp³-hybridized carbons (Fsp3) is 0.278. The molecule has 0 radical (unpaired) electrons. The normalized spacial score (nSPS) is 10.2. The topological polar surface area (TPSA) is 29.5 Å². The number of hydrogen-bond donors (Lipinski definition) is 0. The van der Waals surface area contributed by atoms with Gasteiger partial charge in [-0.05, 0) is 37.1 Å². The van der Waals surface area contributed by atoms with Gasteiger partial charge in [-0.1, -0.05) is 36.4 Å². The first-order valence-electron chi connectivity index (χ1n) is 7.15. The number of carbonyl (C=O) groups is 1. The molecule has 0 heterocycles. The van der Waals surface area contributed by atoms with Crippen LogP contribution in [0.1, 0.15) is 28.4 Å². The molecule has 0 atom stereocenters. The van der Waals surface area contributed by atoms with Gasteiger partial charge in [0.25, 0.3) is 5.91 Å². The summed E-state index contributed by atoms with van der Waals surface area (Å²) in [6, 6.07) is 15.5. The predicted octanol–water partition coefficient (Wildman–Crippen LogP) is 3.67. The molecule has 0 fully saturated rings. The number of amides is 1. The molecule has 3 nitrogen and oxygen atoms in total. The maximum atomic E-state index is 12.6. The van der Waals surface area contributed by atoms with Gasteiger partial charge in [-0.2, -0.15) is 0 Å². The molecule has 0 aliphatic heterocycles. The monoisotopic (exact) mass is 283 g/mol. The van der Waals surface area contributed by atoms with Crippen LogP contribution in [0.4, 0.5) is 0 Å². The van der Waals surface area contributed by atoms with E-state index in [0.29, 0.717) is 24.5 Å². The van der Waals surface area contributed by atoms with Crippen molar-refractivity contribution in [1.29, 1.82) is 0 Å². The van der Waals surface area contributed by atoms with E-state index in [4.69, 9.17) is 4.74 Å². The van der Waals surface area contributed by atoms with Gasteiger partial charge in [-0.3, -0.25) is 4.79 Å². The van der Waals surface area contributed by atoms with Gasteiger partial charge in [0.2, 0.25) is 0 Å². The summed E-state index contributed by atoms with van der Waals surface area (Å²) in [4.78, 5) is 14.3. The molecule has 110 valence electrons. The molecule has 0 saturated heterocycles. The lowest BCUT2D eigenvalue weighted by molar-refractivity contribution is 0.0781. The van der Waals surface area contributed by atoms with Crippen LogP contribution in [0.15, 0.2) is 48.5 Å². The number of carbonyl (C=O) groups excluding carboxylic acids is 1. The maximum Gasteiger partial charge on any atom is 0.257 e. The Kier molecular flexibility index (Phi) is 4.99. The molecule has 2 aromatic rings. The minimum Gasteiger partial charge on any atom is -0.493 e. The lowest BCUT2D eigenvalue weighted by Gasteiger charge is -2.20. The summed E-state index contributed by atoms with van der Waals surface area (Å²) in [5.74, 6) is 0.615. The largest absolute Gasteiger partial charge is 0.493 e. The zero-order chi connectivity index (χ0) is 15.2. The van der Waals surface area contributed by atoms with Crippen LogP contribution >= 0.6 is 0 Å². The Morgan fingerprint density at radius 3 is 2.48 bits per heavy atom. The third-order valence-corrected chi connectivity index (χ3v) is 3.43. The van der Waals surface area contributed by atoms with Crippen molar-refractivity contribution in [1.82, 2.24) is 4.90 Å². The van der Waals surface area contributed by atoms with Gasteiger partial charge in [0.1, 0.15) is 5.75 Å². The second-order valence-corrected chi connectivity index (χ2v) is 5.02. The van der Waals surface area contributed by atoms with Gasteiger partial charge in [0, 0.05) is 13.6 Å². The highest BCUT2D eigenvalue weighted by Gasteiger charge is 2.16. The first-order chi connectivity index (χ1) is 10.1. The lowest BCUT2D eigenvalue weighted by Crippen LogP contribution is -2.27. The molecule has 0 N–H and O–H groups in total. The quantitative estimate of drug-likeness (QED) is 0.838. The molecule has 2 rings (SSSR count). The van der Waals surface area contributed by atoms with Crippen LogP contribution in [0.3, 0.4) is 0 Å². The Hall–Kier alpha value is -2.29. The molecule has 1 amide bonds. The molecule has 0 bridgehead atoms. The first-order valence-corrected chi connectivity index (χ1v) is 7.15. The number of rotatable bonds is 5. The van der Waals surface area contributed by atoms with Gasteiger partial charge < -0.3 is 9.64 Å². The van der Waals surface area contributed by atoms with E-state index < -0.39 is 0 Å². The van der Waals surface area contributed by atoms with E-state index in [2.05, 4.69) is 13.0 Å². The van der Waals surface area contributed by atoms with E-state index in [1.54, 1.807) is 4.90 Å². The third kappa shape index (κ3) is 3.63. The number of nitrogens with zero attached hydrogens (tertiary/aromatic N) is 1. The average molecular weight is 283 g/mol. The van der Waals surface area contributed by atoms with Crippen molar-refractivity contribution in [3.8, 4) is 5.75 Å². The molecule has 0 unspecified atom stereocenters. The predicted molar refractivity (Wildman–Crippen MR) is 84.6 cm³/mol. The van der Waals surface area contributed by atoms with Crippen molar-refractivity contribution in [3.63, 3.8) is 0 Å². The number of benzene rings is 2. The standard InChI is InChI=1S/C18H21NO2/c1-4-21-17-12-8-7-11-16(17)18(20)19(3)13-15-10-6-5-9-14(15)2/h5-12H,4,13H2,1-3H3. The number of ether oxygens (including phenoxy) is 1. The molecule has 2 aromatic carbocycles. The van der Waals surface area contributed by atoms with Crippen LogP contribution in [0.2, 0.25) is 0 Å². The molecule has 0 spiro atoms. The SMILES string of the molecule is CCOc1ccccc1C(=O)N(C)Cc1ccccc1C. The van der Waals surface area contributed by atoms with Gasteiger partial charge in [-0.25, -0.2) is 0 Å². The number of hydrogen-bond acceptors (Lipinski definition) is 2. The van der Waals surface area contributed by atoms with Gasteiger partial charge in [0.15, 0.2) is 0 Å². The Morgan fingerprint density at radius 1 is 1.10 bits per heavy atom. The van der Waals surface area contributed by atoms with Crippen molar-refractivity contribution in [2.45, 2.75) is 20.4 Å². The first kappa shape index (κ1) is 15.1. The van der Waals surface area contributed by atoms with E-state index in [0.717, 1.165) is 5.56 Å². The van der Waals surface area contributed by atoms with Crippen molar-refractivity contribution in [3.05, 3.63) is 65.2 Å². The zero-order valence-corrected chi connectivity index (χ0v) is 12.8. The second kappa shape index (κ2) is 6.93. The highest BCUT2D eigenvalue weighted by Crippen LogP contribution is 2.20. The molecule has 0 aromatic heterocycles. The summed E-state index contributed by atoms with van der Waals surface area (Å²) in [5, 5.41) is 0. The summed E-state index contributed by atoms with van der Waals surface area (Å²) in [6.45, 7) is 5.11. The Bertz CT molecular complexity index is 622. The molecule has 3 heteroatoms. The van der Waals surface area contributed by atoms with E-state index in [1.165, 1.54) is 5.56 Å². The summed E-state index contributed by atoms with van der Waals surface area (Å²) in [5.41, 5.74) is 2.95. The van der Waals surface area contributed by atoms with Crippen LogP contribution in [-0.4, -0.2) is 24.5 Å². The van der Waals surface area contributed by atoms with E-state index in [1.807, 2.05) is 56.4 Å². The lowest BCUT2D eigenvalue weighted by atomic mass is 10.1. The summed E-state index contributed by atoms with van der Waals surface area (Å²) in [6.07, 6.45) is 0. The Balaban J connectivity index is 2.18. The fourth-order valence-electron chi connectivity index (χ4n) is 2.25. The molecule has 0 aliphatic carbocycles. The van der Waals surface area contributed by atoms with Gasteiger partial charge >= 0.3 is 0 Å². The Labute approximate surface area is 126 Å². The van der Waals surface area contributed by atoms with Crippen LogP contribution in [0.25, 0.3) is 0 Å². The average Bonchev–Trinajstić information content (AvgIpc) is 2.50. The highest BCUT2D eigenvalue weighted by molar-refractivity contribution is 5.96. The van der Waals surface area contributed by atoms with Crippen LogP contribution in [0, 0.1) is 6.92 Å². The molecular formula is C18H21NO2. The van der Waals surface area contributed by atoms with Crippen molar-refractivity contribution >= 4 is 5.91 Å². The Morgan fingerprint density at radius 2 is 1.76 bits per heavy atom. The summed E-state index contributed by atoms with van der Waals surface area (Å²) < 4.78 is 5.53. The summed E-state index contributed by atoms with van der Waals surface area (Å²) >= 11 is 0. The smallest absolute Gasteiger partial charge is 0.257 e. The molecule has 21 heavy (non-hydrogen) atoms. The molecule has 0 saturated carbocycles. The fourth-order valence-corrected chi connectivity index (χ4v) is 2.25. The third-order valence-electron chi connectivity index (χ3n) is 3.43. The van der Waals surface area contributed by atoms with E-state index >= 15 is 0 Å². The van der Waals surface area contributed by atoms with E-state index in [-0.39, 0.29) is 5.91 Å². The zero-order valence-electron chi connectivity index (χ0n) is 12.8. The van der Waals surface area contributed by atoms with Gasteiger partial charge in [-0.15, -0.1) is 0 Å². The number of para-hydroxylation sites is 1. The van der Waals surface area contributed by atoms with E-state index in [9.17, 15) is 4.79 Å². The highest BCUT2D eigenvalue weighted by atomic mass is 16.5. The summed E-state index contributed by atoms with van der Waals surface area (Å²) in [7, 11) is 1.82. The van der Waals surface area contributed by atoms with Crippen molar-refractivity contribution in [2.24, 2.45) is 0 Å². The van der Waals surface area contributed by atoms with Crippen LogP contribution < -0.4 is 4.74 Å². The minimum absolute atomic E-state index is 0.0256. The number of aryl methyl sites for hydroxylation is 1.